The Hall–Kier alpha value is -0.590. The fourth-order valence-electron chi connectivity index (χ4n) is 0.909. The van der Waals surface area contributed by atoms with E-state index in [9.17, 15) is 27.5 Å². The monoisotopic (exact) mass is 230 g/mol. The van der Waals surface area contributed by atoms with Gasteiger partial charge >= 0.3 is 35.7 Å². The Morgan fingerprint density at radius 2 is 1.80 bits per heavy atom. The predicted molar refractivity (Wildman–Crippen MR) is 35.7 cm³/mol. The quantitative estimate of drug-likeness (QED) is 0.422. The van der Waals surface area contributed by atoms with Crippen molar-refractivity contribution in [2.45, 2.75) is 6.18 Å². The fourth-order valence-corrected chi connectivity index (χ4v) is 0.909. The molecule has 1 aromatic carbocycles. The third-order valence-electron chi connectivity index (χ3n) is 1.52. The summed E-state index contributed by atoms with van der Waals surface area (Å²) in [6.07, 6.45) is -4.91. The number of rotatable bonds is 1. The van der Waals surface area contributed by atoms with E-state index in [4.69, 9.17) is 0 Å². The van der Waals surface area contributed by atoms with Crippen LogP contribution in [0.25, 0.3) is 0 Å². The first-order chi connectivity index (χ1) is 6.34. The molecule has 7 heteroatoms. The maximum absolute atomic E-state index is 12.9. The van der Waals surface area contributed by atoms with Crippen LogP contribution in [0.2, 0.25) is 0 Å². The van der Waals surface area contributed by atoms with Crippen LogP contribution in [0.1, 0.15) is 15.9 Å². The largest absolute Gasteiger partial charge is 1.00 e. The second-order valence-corrected chi connectivity index (χ2v) is 2.45. The number of carboxylic acids is 1. The molecule has 0 radical (unpaired) electrons. The van der Waals surface area contributed by atoms with E-state index in [-0.39, 0.29) is 29.6 Å². The Morgan fingerprint density at radius 1 is 1.27 bits per heavy atom. The summed E-state index contributed by atoms with van der Waals surface area (Å²) >= 11 is 0. The molecule has 0 aliphatic heterocycles. The molecule has 0 saturated carbocycles. The van der Waals surface area contributed by atoms with Gasteiger partial charge < -0.3 is 9.90 Å². The normalized spacial score (nSPS) is 10.7. The van der Waals surface area contributed by atoms with Crippen molar-refractivity contribution in [3.8, 4) is 0 Å². The average Bonchev–Trinajstić information content (AvgIpc) is 2.01. The summed E-state index contributed by atoms with van der Waals surface area (Å²) in [5.74, 6) is -3.80. The zero-order valence-electron chi connectivity index (χ0n) is 7.56. The van der Waals surface area contributed by atoms with E-state index >= 15 is 0 Å². The molecule has 0 heterocycles. The number of carboxylic acid groups (broad SMARTS) is 1. The van der Waals surface area contributed by atoms with Crippen molar-refractivity contribution in [1.82, 2.24) is 0 Å². The van der Waals surface area contributed by atoms with Gasteiger partial charge in [-0.15, -0.1) is 0 Å². The minimum atomic E-state index is -4.91. The van der Waals surface area contributed by atoms with Crippen LogP contribution in [0.5, 0.6) is 0 Å². The molecule has 0 bridgehead atoms. The number of halogens is 4. The van der Waals surface area contributed by atoms with Crippen LogP contribution < -0.4 is 34.7 Å². The van der Waals surface area contributed by atoms with Gasteiger partial charge in [0.05, 0.1) is 11.5 Å². The molecular weight excluding hydrogens is 227 g/mol. The van der Waals surface area contributed by atoms with Gasteiger partial charge in [0.2, 0.25) is 0 Å². The molecule has 0 spiro atoms. The van der Waals surface area contributed by atoms with Gasteiger partial charge in [0.15, 0.2) is 0 Å². The third kappa shape index (κ3) is 3.19. The number of hydrogen-bond acceptors (Lipinski definition) is 2. The smallest absolute Gasteiger partial charge is 0.545 e. The standard InChI is InChI=1S/C8H4F4O2.Na/c9-6-4(7(13)14)2-1-3-5(6)8(10,11)12;/h1-3H,(H,13,14);/q;+1/p-1. The predicted octanol–water partition coefficient (Wildman–Crippen LogP) is -1.79. The molecule has 0 aliphatic carbocycles. The Morgan fingerprint density at radius 3 is 2.20 bits per heavy atom. The topological polar surface area (TPSA) is 40.1 Å². The van der Waals surface area contributed by atoms with E-state index in [0.717, 1.165) is 6.07 Å². The van der Waals surface area contributed by atoms with E-state index < -0.39 is 29.1 Å². The molecule has 0 atom stereocenters. The van der Waals surface area contributed by atoms with Crippen LogP contribution >= 0.6 is 0 Å². The van der Waals surface area contributed by atoms with Crippen molar-refractivity contribution in [2.24, 2.45) is 0 Å². The minimum absolute atomic E-state index is 0. The van der Waals surface area contributed by atoms with E-state index in [2.05, 4.69) is 0 Å². The van der Waals surface area contributed by atoms with Crippen molar-refractivity contribution in [2.75, 3.05) is 0 Å². The molecule has 0 amide bonds. The molecule has 76 valence electrons. The van der Waals surface area contributed by atoms with Gasteiger partial charge in [-0.25, -0.2) is 4.39 Å². The van der Waals surface area contributed by atoms with Crippen LogP contribution in [-0.2, 0) is 6.18 Å². The van der Waals surface area contributed by atoms with Gasteiger partial charge in [0.25, 0.3) is 0 Å². The van der Waals surface area contributed by atoms with Gasteiger partial charge in [-0.2, -0.15) is 13.2 Å². The summed E-state index contributed by atoms with van der Waals surface area (Å²) < 4.78 is 49.0. The summed E-state index contributed by atoms with van der Waals surface area (Å²) in [7, 11) is 0. The number of aromatic carboxylic acids is 1. The van der Waals surface area contributed by atoms with Crippen LogP contribution in [0.3, 0.4) is 0 Å². The summed E-state index contributed by atoms with van der Waals surface area (Å²) in [6.45, 7) is 0. The number of carbonyl (C=O) groups excluding carboxylic acids is 1. The SMILES string of the molecule is O=C([O-])c1cccc(C(F)(F)F)c1F.[Na+]. The zero-order chi connectivity index (χ0) is 10.9. The number of carbonyl (C=O) groups is 1. The maximum Gasteiger partial charge on any atom is 1.00 e. The summed E-state index contributed by atoms with van der Waals surface area (Å²) in [5, 5.41) is 10.2. The summed E-state index contributed by atoms with van der Waals surface area (Å²) in [5.41, 5.74) is -2.71. The number of benzene rings is 1. The van der Waals surface area contributed by atoms with Crippen molar-refractivity contribution >= 4 is 5.97 Å². The van der Waals surface area contributed by atoms with Crippen LogP contribution in [0, 0.1) is 5.82 Å². The third-order valence-corrected chi connectivity index (χ3v) is 1.52. The minimum Gasteiger partial charge on any atom is -0.545 e. The molecule has 0 aromatic heterocycles. The van der Waals surface area contributed by atoms with Gasteiger partial charge in [0.1, 0.15) is 5.82 Å². The van der Waals surface area contributed by atoms with Crippen LogP contribution in [0.15, 0.2) is 18.2 Å². The van der Waals surface area contributed by atoms with E-state index in [1.54, 1.807) is 0 Å². The average molecular weight is 230 g/mol. The Kier molecular flexibility index (Phi) is 4.76. The van der Waals surface area contributed by atoms with Crippen molar-refractivity contribution in [3.63, 3.8) is 0 Å². The molecule has 0 N–H and O–H groups in total. The maximum atomic E-state index is 12.9. The molecule has 1 rings (SSSR count). The molecule has 0 saturated heterocycles. The number of alkyl halides is 3. The summed E-state index contributed by atoms with van der Waals surface area (Å²) in [4.78, 5) is 10.2. The van der Waals surface area contributed by atoms with Gasteiger partial charge in [0, 0.05) is 5.56 Å². The van der Waals surface area contributed by atoms with Crippen LogP contribution in [0.4, 0.5) is 17.6 Å². The van der Waals surface area contributed by atoms with Crippen LogP contribution in [-0.4, -0.2) is 5.97 Å². The number of hydrogen-bond donors (Lipinski definition) is 0. The van der Waals surface area contributed by atoms with E-state index in [1.807, 2.05) is 0 Å². The molecule has 0 unspecified atom stereocenters. The van der Waals surface area contributed by atoms with Gasteiger partial charge in [-0.3, -0.25) is 0 Å². The second kappa shape index (κ2) is 4.96. The summed E-state index contributed by atoms with van der Waals surface area (Å²) in [6, 6.07) is 1.97. The zero-order valence-corrected chi connectivity index (χ0v) is 9.56. The Bertz CT molecular complexity index is 375. The van der Waals surface area contributed by atoms with Crippen molar-refractivity contribution in [1.29, 1.82) is 0 Å². The molecule has 2 nitrogen and oxygen atoms in total. The molecule has 0 aliphatic rings. The van der Waals surface area contributed by atoms with Gasteiger partial charge in [-0.05, 0) is 6.07 Å². The molecule has 0 fully saturated rings. The van der Waals surface area contributed by atoms with E-state index in [1.165, 1.54) is 0 Å². The first-order valence-electron chi connectivity index (χ1n) is 3.41. The fraction of sp³-hybridized carbons (Fsp3) is 0.125. The second-order valence-electron chi connectivity index (χ2n) is 2.45. The van der Waals surface area contributed by atoms with Gasteiger partial charge in [-0.1, -0.05) is 12.1 Å². The Labute approximate surface area is 104 Å². The Balaban J connectivity index is 0.00000196. The molecule has 1 aromatic rings. The molecular formula is C8H3F4NaO2. The first kappa shape index (κ1) is 14.4. The van der Waals surface area contributed by atoms with Crippen molar-refractivity contribution in [3.05, 3.63) is 35.1 Å². The van der Waals surface area contributed by atoms with Crippen molar-refractivity contribution < 1.29 is 57.0 Å². The first-order valence-corrected chi connectivity index (χ1v) is 3.41. The molecule has 15 heavy (non-hydrogen) atoms. The van der Waals surface area contributed by atoms with E-state index in [0.29, 0.717) is 12.1 Å².